The Hall–Kier alpha value is 1.00. The van der Waals surface area contributed by atoms with Gasteiger partial charge in [-0.15, -0.1) is 0 Å². The van der Waals surface area contributed by atoms with E-state index in [1.165, 1.54) is 44.9 Å². The van der Waals surface area contributed by atoms with Gasteiger partial charge in [-0.2, -0.15) is 0 Å². The summed E-state index contributed by atoms with van der Waals surface area (Å²) >= 11 is 0. The van der Waals surface area contributed by atoms with Crippen molar-refractivity contribution in [2.45, 2.75) is 65.7 Å². The van der Waals surface area contributed by atoms with Crippen LogP contribution < -0.4 is 29.6 Å². The van der Waals surface area contributed by atoms with Crippen LogP contribution in [0.5, 0.6) is 0 Å². The third-order valence-corrected chi connectivity index (χ3v) is 2.14. The fraction of sp³-hybridized carbons (Fsp3) is 1.00. The van der Waals surface area contributed by atoms with E-state index in [0.717, 1.165) is 5.92 Å². The van der Waals surface area contributed by atoms with E-state index in [-0.39, 0.29) is 31.0 Å². The fourth-order valence-corrected chi connectivity index (χ4v) is 1.33. The molecule has 70 valence electrons. The second-order valence-electron chi connectivity index (χ2n) is 3.95. The zero-order valence-corrected chi connectivity index (χ0v) is 11.5. The van der Waals surface area contributed by atoms with Gasteiger partial charge in [-0.05, 0) is 5.92 Å². The Morgan fingerprint density at radius 1 is 0.917 bits per heavy atom. The molecule has 0 saturated carbocycles. The molecule has 0 heterocycles. The van der Waals surface area contributed by atoms with Gasteiger partial charge in [-0.25, -0.2) is 0 Å². The van der Waals surface area contributed by atoms with E-state index in [1.807, 2.05) is 0 Å². The Morgan fingerprint density at radius 2 is 1.42 bits per heavy atom. The van der Waals surface area contributed by atoms with Crippen molar-refractivity contribution in [1.29, 1.82) is 0 Å². The van der Waals surface area contributed by atoms with E-state index in [1.54, 1.807) is 0 Å². The van der Waals surface area contributed by atoms with Crippen molar-refractivity contribution < 1.29 is 31.0 Å². The van der Waals surface area contributed by atoms with Crippen LogP contribution in [-0.2, 0) is 0 Å². The minimum atomic E-state index is 0. The maximum absolute atomic E-state index is 2.31. The van der Waals surface area contributed by atoms with Crippen LogP contribution in [-0.4, -0.2) is 0 Å². The van der Waals surface area contributed by atoms with Gasteiger partial charge in [0.25, 0.3) is 0 Å². The maximum atomic E-state index is 2.31. The van der Waals surface area contributed by atoms with Crippen LogP contribution in [0.15, 0.2) is 0 Å². The monoisotopic (exact) mass is 180 g/mol. The van der Waals surface area contributed by atoms with E-state index in [9.17, 15) is 0 Å². The summed E-state index contributed by atoms with van der Waals surface area (Å²) in [6.07, 6.45) is 10.0. The average molecular weight is 180 g/mol. The van der Waals surface area contributed by atoms with Crippen molar-refractivity contribution in [1.82, 2.24) is 0 Å². The van der Waals surface area contributed by atoms with Crippen molar-refractivity contribution in [3.63, 3.8) is 0 Å². The van der Waals surface area contributed by atoms with Gasteiger partial charge >= 0.3 is 29.6 Å². The van der Waals surface area contributed by atoms with Crippen LogP contribution in [0.2, 0.25) is 0 Å². The third-order valence-electron chi connectivity index (χ3n) is 2.14. The topological polar surface area (TPSA) is 0 Å². The molecular weight excluding hydrogens is 155 g/mol. The molecule has 0 atom stereocenters. The van der Waals surface area contributed by atoms with Crippen LogP contribution in [0.1, 0.15) is 67.1 Å². The van der Waals surface area contributed by atoms with Gasteiger partial charge in [0, 0.05) is 0 Å². The van der Waals surface area contributed by atoms with E-state index in [4.69, 9.17) is 0 Å². The van der Waals surface area contributed by atoms with E-state index in [2.05, 4.69) is 20.8 Å². The molecule has 0 rings (SSSR count). The van der Waals surface area contributed by atoms with E-state index < -0.39 is 0 Å². The van der Waals surface area contributed by atoms with Crippen molar-refractivity contribution >= 4 is 0 Å². The Balaban J connectivity index is -0.000000500. The summed E-state index contributed by atoms with van der Waals surface area (Å²) in [5.41, 5.74) is 0. The third kappa shape index (κ3) is 13.6. The number of rotatable bonds is 7. The molecule has 0 spiro atoms. The predicted octanol–water partition coefficient (Wildman–Crippen LogP) is 1.51. The minimum absolute atomic E-state index is 0. The smallest absolute Gasteiger partial charge is 1.00 e. The molecule has 0 aromatic rings. The van der Waals surface area contributed by atoms with Crippen LogP contribution >= 0.6 is 0 Å². The molecular formula is C11H25Na. The van der Waals surface area contributed by atoms with Crippen LogP contribution in [0.25, 0.3) is 0 Å². The summed E-state index contributed by atoms with van der Waals surface area (Å²) < 4.78 is 0. The first-order chi connectivity index (χ1) is 5.27. The summed E-state index contributed by atoms with van der Waals surface area (Å²) in [4.78, 5) is 0. The molecule has 0 saturated heterocycles. The number of unbranched alkanes of at least 4 members (excludes halogenated alkanes) is 5. The first-order valence-electron chi connectivity index (χ1n) is 5.27. The van der Waals surface area contributed by atoms with Gasteiger partial charge in [0.2, 0.25) is 0 Å². The first-order valence-corrected chi connectivity index (χ1v) is 5.27. The molecule has 0 aromatic carbocycles. The van der Waals surface area contributed by atoms with Crippen molar-refractivity contribution in [2.24, 2.45) is 5.92 Å². The molecule has 0 fully saturated rings. The van der Waals surface area contributed by atoms with Crippen molar-refractivity contribution in [3.05, 3.63) is 0 Å². The zero-order chi connectivity index (χ0) is 8.53. The molecule has 0 N–H and O–H groups in total. The molecule has 0 radical (unpaired) electrons. The van der Waals surface area contributed by atoms with Crippen LogP contribution in [0.3, 0.4) is 0 Å². The Labute approximate surface area is 102 Å². The Bertz CT molecular complexity index is 74.5. The van der Waals surface area contributed by atoms with Gasteiger partial charge in [0.05, 0.1) is 0 Å². The van der Waals surface area contributed by atoms with Gasteiger partial charge in [-0.3, -0.25) is 0 Å². The average Bonchev–Trinajstić information content (AvgIpc) is 1.96. The molecule has 0 unspecified atom stereocenters. The summed E-state index contributed by atoms with van der Waals surface area (Å²) in [7, 11) is 0. The molecule has 0 nitrogen and oxygen atoms in total. The standard InChI is InChI=1S/C11H24.Na.H/c1-4-5-6-7-8-9-10-11(2)3;;/h11H,4-10H2,1-3H3;;/q;+1;-1. The summed E-state index contributed by atoms with van der Waals surface area (Å²) in [5, 5.41) is 0. The minimum Gasteiger partial charge on any atom is -1.00 e. The van der Waals surface area contributed by atoms with Gasteiger partial charge in [0.1, 0.15) is 0 Å². The second-order valence-corrected chi connectivity index (χ2v) is 3.95. The fourth-order valence-electron chi connectivity index (χ4n) is 1.33. The summed E-state index contributed by atoms with van der Waals surface area (Å²) in [5.74, 6) is 0.904. The molecule has 0 aliphatic rings. The molecule has 0 aliphatic heterocycles. The van der Waals surface area contributed by atoms with Crippen LogP contribution in [0.4, 0.5) is 0 Å². The first kappa shape index (κ1) is 15.5. The second kappa shape index (κ2) is 12.0. The predicted molar refractivity (Wildman–Crippen MR) is 53.9 cm³/mol. The van der Waals surface area contributed by atoms with Gasteiger partial charge < -0.3 is 1.43 Å². The van der Waals surface area contributed by atoms with E-state index >= 15 is 0 Å². The molecule has 0 bridgehead atoms. The van der Waals surface area contributed by atoms with E-state index in [0.29, 0.717) is 0 Å². The normalized spacial score (nSPS) is 10.0. The Kier molecular flexibility index (Phi) is 15.5. The molecule has 0 amide bonds. The number of hydrogen-bond acceptors (Lipinski definition) is 0. The quantitative estimate of drug-likeness (QED) is 0.411. The zero-order valence-electron chi connectivity index (χ0n) is 10.5. The summed E-state index contributed by atoms with van der Waals surface area (Å²) in [6, 6.07) is 0. The molecule has 0 aromatic heterocycles. The molecule has 12 heavy (non-hydrogen) atoms. The maximum Gasteiger partial charge on any atom is 1.00 e. The SMILES string of the molecule is CCCCCCCCC(C)C.[H-].[Na+]. The van der Waals surface area contributed by atoms with Crippen molar-refractivity contribution in [3.8, 4) is 0 Å². The van der Waals surface area contributed by atoms with Gasteiger partial charge in [0.15, 0.2) is 0 Å². The van der Waals surface area contributed by atoms with Crippen LogP contribution in [0, 0.1) is 5.92 Å². The molecule has 1 heteroatoms. The number of hydrogen-bond donors (Lipinski definition) is 0. The Morgan fingerprint density at radius 3 is 1.92 bits per heavy atom. The van der Waals surface area contributed by atoms with Gasteiger partial charge in [-0.1, -0.05) is 65.7 Å². The summed E-state index contributed by atoms with van der Waals surface area (Å²) in [6.45, 7) is 6.90. The van der Waals surface area contributed by atoms with Crippen molar-refractivity contribution in [2.75, 3.05) is 0 Å². The molecule has 0 aliphatic carbocycles. The largest absolute Gasteiger partial charge is 1.00 e.